The molecule has 2 N–H and O–H groups in total. The van der Waals surface area contributed by atoms with Crippen LogP contribution in [-0.2, 0) is 0 Å². The first kappa shape index (κ1) is 15.0. The number of rotatable bonds is 6. The molecule has 2 saturated carbocycles. The molecule has 5 heteroatoms. The molecule has 1 aromatic rings. The zero-order valence-electron chi connectivity index (χ0n) is 12.4. The lowest BCUT2D eigenvalue weighted by molar-refractivity contribution is 0.0902. The minimum Gasteiger partial charge on any atom is -0.396 e. The number of aromatic nitrogens is 1. The monoisotopic (exact) mass is 308 g/mol. The van der Waals surface area contributed by atoms with E-state index in [1.807, 2.05) is 0 Å². The average molecular weight is 308 g/mol. The Kier molecular flexibility index (Phi) is 4.91. The molecule has 0 aliphatic heterocycles. The van der Waals surface area contributed by atoms with E-state index in [-0.39, 0.29) is 18.6 Å². The molecule has 1 heterocycles. The van der Waals surface area contributed by atoms with Gasteiger partial charge in [0.15, 0.2) is 0 Å². The van der Waals surface area contributed by atoms with E-state index in [2.05, 4.69) is 10.3 Å². The minimum absolute atomic E-state index is 0.0171. The molecule has 1 aromatic heterocycles. The van der Waals surface area contributed by atoms with Crippen molar-refractivity contribution in [1.29, 1.82) is 0 Å². The summed E-state index contributed by atoms with van der Waals surface area (Å²) >= 11 is 1.45. The number of nitrogens with one attached hydrogen (secondary N) is 1. The van der Waals surface area contributed by atoms with Crippen molar-refractivity contribution in [3.8, 4) is 0 Å². The van der Waals surface area contributed by atoms with Crippen LogP contribution in [0.4, 0.5) is 0 Å². The zero-order valence-corrected chi connectivity index (χ0v) is 13.2. The Morgan fingerprint density at radius 1 is 1.33 bits per heavy atom. The molecule has 1 unspecified atom stereocenters. The number of nitrogens with zero attached hydrogens (tertiary/aromatic N) is 1. The topological polar surface area (TPSA) is 62.2 Å². The highest BCUT2D eigenvalue weighted by atomic mass is 32.1. The van der Waals surface area contributed by atoms with E-state index >= 15 is 0 Å². The van der Waals surface area contributed by atoms with E-state index in [4.69, 9.17) is 0 Å². The van der Waals surface area contributed by atoms with Crippen LogP contribution in [0.1, 0.15) is 72.7 Å². The summed E-state index contributed by atoms with van der Waals surface area (Å²) in [6, 6.07) is 0.108. The number of hydrogen-bond donors (Lipinski definition) is 2. The van der Waals surface area contributed by atoms with E-state index in [0.29, 0.717) is 18.3 Å². The van der Waals surface area contributed by atoms with E-state index in [1.165, 1.54) is 43.4 Å². The van der Waals surface area contributed by atoms with Crippen LogP contribution in [0.2, 0.25) is 0 Å². The van der Waals surface area contributed by atoms with Crippen LogP contribution in [0.3, 0.4) is 0 Å². The van der Waals surface area contributed by atoms with E-state index in [0.717, 1.165) is 23.4 Å². The second-order valence-electron chi connectivity index (χ2n) is 6.33. The van der Waals surface area contributed by atoms with Gasteiger partial charge in [-0.2, -0.15) is 0 Å². The molecule has 1 atom stereocenters. The molecule has 116 valence electrons. The van der Waals surface area contributed by atoms with Crippen molar-refractivity contribution in [2.45, 2.75) is 63.3 Å². The maximum absolute atomic E-state index is 12.6. The van der Waals surface area contributed by atoms with Gasteiger partial charge in [0.05, 0.1) is 11.2 Å². The first-order chi connectivity index (χ1) is 10.3. The highest BCUT2D eigenvalue weighted by molar-refractivity contribution is 7.11. The Labute approximate surface area is 130 Å². The second kappa shape index (κ2) is 6.88. The van der Waals surface area contributed by atoms with Crippen LogP contribution in [0.15, 0.2) is 5.51 Å². The third kappa shape index (κ3) is 3.64. The van der Waals surface area contributed by atoms with Crippen molar-refractivity contribution in [2.24, 2.45) is 5.92 Å². The lowest BCUT2D eigenvalue weighted by Crippen LogP contribution is -2.41. The van der Waals surface area contributed by atoms with Crippen molar-refractivity contribution in [3.63, 3.8) is 0 Å². The van der Waals surface area contributed by atoms with Gasteiger partial charge in [-0.1, -0.05) is 19.3 Å². The number of aliphatic hydroxyl groups is 1. The number of aliphatic hydroxyl groups excluding tert-OH is 1. The predicted molar refractivity (Wildman–Crippen MR) is 83.6 cm³/mol. The van der Waals surface area contributed by atoms with Crippen LogP contribution >= 0.6 is 11.3 Å². The molecule has 0 radical (unpaired) electrons. The number of amides is 1. The lowest BCUT2D eigenvalue weighted by atomic mass is 9.82. The number of hydrogen-bond acceptors (Lipinski definition) is 4. The second-order valence-corrected chi connectivity index (χ2v) is 7.19. The molecule has 1 amide bonds. The molecule has 2 aliphatic carbocycles. The standard InChI is InChI=1S/C16H24N2O2S/c19-9-8-13(11-4-2-1-3-5-11)18-16(20)15-14(12-6-7-12)17-10-21-15/h10-13,19H,1-9H2,(H,18,20). The van der Waals surface area contributed by atoms with Gasteiger partial charge in [-0.15, -0.1) is 11.3 Å². The van der Waals surface area contributed by atoms with Crippen molar-refractivity contribution in [1.82, 2.24) is 10.3 Å². The number of carbonyl (C=O) groups excluding carboxylic acids is 1. The molecule has 0 aromatic carbocycles. The summed E-state index contributed by atoms with van der Waals surface area (Å²) in [7, 11) is 0. The molecule has 2 aliphatic rings. The highest BCUT2D eigenvalue weighted by Gasteiger charge is 2.32. The SMILES string of the molecule is O=C(NC(CCO)C1CCCCC1)c1scnc1C1CC1. The van der Waals surface area contributed by atoms with Gasteiger partial charge in [0, 0.05) is 18.6 Å². The Hall–Kier alpha value is -0.940. The summed E-state index contributed by atoms with van der Waals surface area (Å²) in [5.41, 5.74) is 2.77. The van der Waals surface area contributed by atoms with Gasteiger partial charge in [0.2, 0.25) is 0 Å². The van der Waals surface area contributed by atoms with Crippen LogP contribution in [0.25, 0.3) is 0 Å². The summed E-state index contributed by atoms with van der Waals surface area (Å²) in [6.45, 7) is 0.139. The fraction of sp³-hybridized carbons (Fsp3) is 0.750. The van der Waals surface area contributed by atoms with Gasteiger partial charge < -0.3 is 10.4 Å². The Bertz CT molecular complexity index is 478. The molecule has 21 heavy (non-hydrogen) atoms. The number of thiazole rings is 1. The molecular weight excluding hydrogens is 284 g/mol. The maximum atomic E-state index is 12.6. The third-order valence-corrected chi connectivity index (χ3v) is 5.58. The Balaban J connectivity index is 1.66. The highest BCUT2D eigenvalue weighted by Crippen LogP contribution is 2.41. The normalized spacial score (nSPS) is 21.2. The largest absolute Gasteiger partial charge is 0.396 e. The molecule has 0 bridgehead atoms. The average Bonchev–Trinajstić information content (AvgIpc) is 3.24. The first-order valence-corrected chi connectivity index (χ1v) is 9.02. The van der Waals surface area contributed by atoms with Crippen LogP contribution < -0.4 is 5.32 Å². The summed E-state index contributed by atoms with van der Waals surface area (Å²) < 4.78 is 0. The van der Waals surface area contributed by atoms with E-state index in [1.54, 1.807) is 5.51 Å². The van der Waals surface area contributed by atoms with Gasteiger partial charge in [-0.25, -0.2) is 4.98 Å². The molecular formula is C16H24N2O2S. The zero-order chi connectivity index (χ0) is 14.7. The van der Waals surface area contributed by atoms with E-state index in [9.17, 15) is 9.90 Å². The van der Waals surface area contributed by atoms with Crippen LogP contribution in [-0.4, -0.2) is 28.6 Å². The summed E-state index contributed by atoms with van der Waals surface area (Å²) in [5, 5.41) is 12.5. The lowest BCUT2D eigenvalue weighted by Gasteiger charge is -2.30. The Morgan fingerprint density at radius 2 is 2.10 bits per heavy atom. The Morgan fingerprint density at radius 3 is 2.76 bits per heavy atom. The summed E-state index contributed by atoms with van der Waals surface area (Å²) in [6.07, 6.45) is 9.11. The van der Waals surface area contributed by atoms with E-state index < -0.39 is 0 Å². The third-order valence-electron chi connectivity index (χ3n) is 4.74. The molecule has 0 spiro atoms. The van der Waals surface area contributed by atoms with Crippen molar-refractivity contribution < 1.29 is 9.90 Å². The van der Waals surface area contributed by atoms with Gasteiger partial charge in [-0.3, -0.25) is 4.79 Å². The summed E-state index contributed by atoms with van der Waals surface area (Å²) in [5.74, 6) is 1.04. The smallest absolute Gasteiger partial charge is 0.263 e. The van der Waals surface area contributed by atoms with Crippen molar-refractivity contribution in [3.05, 3.63) is 16.1 Å². The first-order valence-electron chi connectivity index (χ1n) is 8.14. The predicted octanol–water partition coefficient (Wildman–Crippen LogP) is 3.08. The maximum Gasteiger partial charge on any atom is 0.263 e. The van der Waals surface area contributed by atoms with Crippen LogP contribution in [0, 0.1) is 5.92 Å². The number of carbonyl (C=O) groups is 1. The van der Waals surface area contributed by atoms with Gasteiger partial charge in [0.1, 0.15) is 4.88 Å². The fourth-order valence-electron chi connectivity index (χ4n) is 3.41. The van der Waals surface area contributed by atoms with Gasteiger partial charge in [-0.05, 0) is 38.0 Å². The van der Waals surface area contributed by atoms with Crippen molar-refractivity contribution >= 4 is 17.2 Å². The fourth-order valence-corrected chi connectivity index (χ4v) is 4.19. The molecule has 3 rings (SSSR count). The molecule has 0 saturated heterocycles. The minimum atomic E-state index is 0.0171. The van der Waals surface area contributed by atoms with Crippen molar-refractivity contribution in [2.75, 3.05) is 6.61 Å². The van der Waals surface area contributed by atoms with Crippen LogP contribution in [0.5, 0.6) is 0 Å². The molecule has 2 fully saturated rings. The quantitative estimate of drug-likeness (QED) is 0.849. The van der Waals surface area contributed by atoms with Gasteiger partial charge >= 0.3 is 0 Å². The molecule has 4 nitrogen and oxygen atoms in total. The van der Waals surface area contributed by atoms with Gasteiger partial charge in [0.25, 0.3) is 5.91 Å². The summed E-state index contributed by atoms with van der Waals surface area (Å²) in [4.78, 5) is 17.7.